The lowest BCUT2D eigenvalue weighted by Crippen LogP contribution is -2.33. The minimum atomic E-state index is -3.31. The number of aromatic nitrogens is 2. The molecule has 29 heavy (non-hydrogen) atoms. The van der Waals surface area contributed by atoms with Gasteiger partial charge in [0, 0.05) is 26.2 Å². The van der Waals surface area contributed by atoms with Gasteiger partial charge < -0.3 is 9.30 Å². The molecule has 0 radical (unpaired) electrons. The van der Waals surface area contributed by atoms with Gasteiger partial charge in [-0.3, -0.25) is 4.90 Å². The third-order valence-electron chi connectivity index (χ3n) is 6.82. The van der Waals surface area contributed by atoms with Crippen LogP contribution in [0.15, 0.2) is 11.4 Å². The Hall–Kier alpha value is -0.920. The third-order valence-corrected chi connectivity index (χ3v) is 8.61. The summed E-state index contributed by atoms with van der Waals surface area (Å²) in [7, 11) is -3.31. The van der Waals surface area contributed by atoms with Gasteiger partial charge in [0.2, 0.25) is 15.0 Å². The number of likely N-dealkylation sites (N-methyl/N-ethyl adjacent to an activating group) is 1. The van der Waals surface area contributed by atoms with Crippen molar-refractivity contribution in [2.75, 3.05) is 25.4 Å². The van der Waals surface area contributed by atoms with Crippen molar-refractivity contribution < 1.29 is 13.2 Å². The van der Waals surface area contributed by atoms with Crippen molar-refractivity contribution >= 4 is 9.84 Å². The first kappa shape index (κ1) is 21.3. The molecule has 1 atom stereocenters. The Kier molecular flexibility index (Phi) is 6.97. The number of hydrogen-bond acceptors (Lipinski definition) is 5. The number of imidazole rings is 1. The molecule has 0 bridgehead atoms. The zero-order chi connectivity index (χ0) is 20.3. The van der Waals surface area contributed by atoms with Crippen LogP contribution in [-0.2, 0) is 27.7 Å². The van der Waals surface area contributed by atoms with Crippen LogP contribution < -0.4 is 0 Å². The van der Waals surface area contributed by atoms with E-state index in [2.05, 4.69) is 21.4 Å². The predicted molar refractivity (Wildman–Crippen MR) is 114 cm³/mol. The van der Waals surface area contributed by atoms with Crippen molar-refractivity contribution in [2.45, 2.75) is 89.1 Å². The van der Waals surface area contributed by atoms with Crippen LogP contribution in [0.4, 0.5) is 0 Å². The van der Waals surface area contributed by atoms with Gasteiger partial charge in [0.1, 0.15) is 0 Å². The van der Waals surface area contributed by atoms with Gasteiger partial charge in [-0.2, -0.15) is 0 Å². The molecule has 0 amide bonds. The molecule has 1 aromatic rings. The van der Waals surface area contributed by atoms with E-state index in [0.29, 0.717) is 23.1 Å². The predicted octanol–water partition coefficient (Wildman–Crippen LogP) is 3.65. The fraction of sp³-hybridized carbons (Fsp3) is 0.864. The van der Waals surface area contributed by atoms with Crippen molar-refractivity contribution in [3.05, 3.63) is 11.9 Å². The number of hydrogen-bond donors (Lipinski definition) is 0. The van der Waals surface area contributed by atoms with E-state index in [1.54, 1.807) is 0 Å². The average Bonchev–Trinajstić information content (AvgIpc) is 3.19. The monoisotopic (exact) mass is 423 g/mol. The molecule has 0 spiro atoms. The van der Waals surface area contributed by atoms with Gasteiger partial charge in [-0.1, -0.05) is 26.2 Å². The van der Waals surface area contributed by atoms with Gasteiger partial charge in [-0.15, -0.1) is 0 Å². The maximum absolute atomic E-state index is 13.1. The Labute approximate surface area is 175 Å². The second-order valence-electron chi connectivity index (χ2n) is 9.33. The fourth-order valence-corrected chi connectivity index (χ4v) is 6.71. The quantitative estimate of drug-likeness (QED) is 0.575. The summed E-state index contributed by atoms with van der Waals surface area (Å²) in [5, 5.41) is 0.318. The second-order valence-corrected chi connectivity index (χ2v) is 11.3. The first-order valence-corrected chi connectivity index (χ1v) is 13.3. The summed E-state index contributed by atoms with van der Waals surface area (Å²) in [5.74, 6) is 1.18. The van der Waals surface area contributed by atoms with Crippen LogP contribution in [-0.4, -0.2) is 54.4 Å². The highest BCUT2D eigenvalue weighted by molar-refractivity contribution is 7.91. The van der Waals surface area contributed by atoms with Gasteiger partial charge in [-0.05, 0) is 56.9 Å². The molecule has 3 fully saturated rings. The van der Waals surface area contributed by atoms with Crippen molar-refractivity contribution in [1.29, 1.82) is 0 Å². The highest BCUT2D eigenvalue weighted by Gasteiger charge is 2.33. The van der Waals surface area contributed by atoms with E-state index >= 15 is 0 Å². The summed E-state index contributed by atoms with van der Waals surface area (Å²) in [4.78, 5) is 6.85. The molecule has 0 aromatic carbocycles. The molecule has 6 nitrogen and oxygen atoms in total. The van der Waals surface area contributed by atoms with Crippen LogP contribution >= 0.6 is 0 Å². The van der Waals surface area contributed by atoms with Crippen LogP contribution in [0, 0.1) is 11.8 Å². The Morgan fingerprint density at radius 1 is 1.10 bits per heavy atom. The van der Waals surface area contributed by atoms with Crippen LogP contribution in [0.25, 0.3) is 0 Å². The van der Waals surface area contributed by atoms with E-state index in [1.165, 1.54) is 32.1 Å². The second kappa shape index (κ2) is 9.48. The highest BCUT2D eigenvalue weighted by Crippen LogP contribution is 2.33. The van der Waals surface area contributed by atoms with E-state index < -0.39 is 9.84 Å². The topological polar surface area (TPSA) is 64.4 Å². The molecule has 1 aliphatic heterocycles. The molecular weight excluding hydrogens is 386 g/mol. The summed E-state index contributed by atoms with van der Waals surface area (Å²) >= 11 is 0. The van der Waals surface area contributed by atoms with Crippen LogP contribution in [0.1, 0.15) is 70.4 Å². The van der Waals surface area contributed by atoms with E-state index in [0.717, 1.165) is 64.2 Å². The highest BCUT2D eigenvalue weighted by atomic mass is 32.2. The SMILES string of the molecule is CCN(Cc1cnc(S(=O)(=O)CC2CC2)n1CC1CCCCC1)CC1CCCO1. The van der Waals surface area contributed by atoms with Crippen molar-refractivity contribution in [2.24, 2.45) is 11.8 Å². The standard InChI is InChI=1S/C22H37N3O3S/c1-2-24(16-21-9-6-12-28-21)15-20-13-23-22(29(26,27)17-19-10-11-19)25(20)14-18-7-4-3-5-8-18/h13,18-19,21H,2-12,14-17H2,1H3. The zero-order valence-electron chi connectivity index (χ0n) is 17.9. The Bertz CT molecular complexity index is 760. The van der Waals surface area contributed by atoms with Crippen LogP contribution in [0.2, 0.25) is 0 Å². The van der Waals surface area contributed by atoms with Crippen molar-refractivity contribution in [1.82, 2.24) is 14.5 Å². The molecule has 2 heterocycles. The van der Waals surface area contributed by atoms with Gasteiger partial charge in [0.15, 0.2) is 0 Å². The lowest BCUT2D eigenvalue weighted by Gasteiger charge is -2.27. The fourth-order valence-electron chi connectivity index (χ4n) is 4.87. The largest absolute Gasteiger partial charge is 0.377 e. The van der Waals surface area contributed by atoms with Crippen LogP contribution in [0.5, 0.6) is 0 Å². The minimum Gasteiger partial charge on any atom is -0.377 e. The molecule has 7 heteroatoms. The van der Waals surface area contributed by atoms with Crippen molar-refractivity contribution in [3.63, 3.8) is 0 Å². The summed E-state index contributed by atoms with van der Waals surface area (Å²) < 4.78 is 34.0. The Morgan fingerprint density at radius 3 is 2.55 bits per heavy atom. The maximum atomic E-state index is 13.1. The summed E-state index contributed by atoms with van der Waals surface area (Å²) in [6, 6.07) is 0. The van der Waals surface area contributed by atoms with Gasteiger partial charge in [0.25, 0.3) is 0 Å². The molecule has 4 rings (SSSR count). The first-order chi connectivity index (χ1) is 14.0. The zero-order valence-corrected chi connectivity index (χ0v) is 18.7. The lowest BCUT2D eigenvalue weighted by atomic mass is 9.89. The Morgan fingerprint density at radius 2 is 1.90 bits per heavy atom. The minimum absolute atomic E-state index is 0.265. The Balaban J connectivity index is 1.54. The maximum Gasteiger partial charge on any atom is 0.227 e. The normalized spacial score (nSPS) is 23.9. The molecule has 2 aliphatic carbocycles. The summed E-state index contributed by atoms with van der Waals surface area (Å²) in [5.41, 5.74) is 1.05. The number of ether oxygens (including phenoxy) is 1. The molecular formula is C22H37N3O3S. The van der Waals surface area contributed by atoms with Gasteiger partial charge in [0.05, 0.1) is 23.7 Å². The summed E-state index contributed by atoms with van der Waals surface area (Å²) in [6.45, 7) is 6.42. The molecule has 3 aliphatic rings. The molecule has 164 valence electrons. The number of rotatable bonds is 10. The summed E-state index contributed by atoms with van der Waals surface area (Å²) in [6.07, 6.45) is 12.7. The van der Waals surface area contributed by atoms with E-state index in [1.807, 2.05) is 6.20 Å². The van der Waals surface area contributed by atoms with Gasteiger partial charge in [-0.25, -0.2) is 13.4 Å². The molecule has 1 saturated heterocycles. The molecule has 0 N–H and O–H groups in total. The number of sulfone groups is 1. The first-order valence-electron chi connectivity index (χ1n) is 11.7. The number of nitrogens with zero attached hydrogens (tertiary/aromatic N) is 3. The molecule has 1 unspecified atom stereocenters. The molecule has 2 saturated carbocycles. The van der Waals surface area contributed by atoms with Crippen molar-refractivity contribution in [3.8, 4) is 0 Å². The van der Waals surface area contributed by atoms with E-state index in [9.17, 15) is 8.42 Å². The van der Waals surface area contributed by atoms with Crippen LogP contribution in [0.3, 0.4) is 0 Å². The smallest absolute Gasteiger partial charge is 0.227 e. The van der Waals surface area contributed by atoms with E-state index in [-0.39, 0.29) is 5.75 Å². The average molecular weight is 424 g/mol. The lowest BCUT2D eigenvalue weighted by molar-refractivity contribution is 0.0715. The van der Waals surface area contributed by atoms with E-state index in [4.69, 9.17) is 4.74 Å². The third kappa shape index (κ3) is 5.61. The van der Waals surface area contributed by atoms with Gasteiger partial charge >= 0.3 is 0 Å². The molecule has 1 aromatic heterocycles.